The lowest BCUT2D eigenvalue weighted by atomic mass is 10.1. The summed E-state index contributed by atoms with van der Waals surface area (Å²) in [4.78, 5) is 6.02. The lowest BCUT2D eigenvalue weighted by Crippen LogP contribution is -2.57. The van der Waals surface area contributed by atoms with Gasteiger partial charge in [0.1, 0.15) is 0 Å². The molecule has 2 aliphatic heterocycles. The summed E-state index contributed by atoms with van der Waals surface area (Å²) < 4.78 is 55.8. The van der Waals surface area contributed by atoms with Gasteiger partial charge in [0.05, 0.1) is 22.4 Å². The highest BCUT2D eigenvalue weighted by Gasteiger charge is 2.40. The molecule has 1 atom stereocenters. The molecule has 0 bridgehead atoms. The summed E-state index contributed by atoms with van der Waals surface area (Å²) in [5, 5.41) is 3.03. The maximum absolute atomic E-state index is 12.2. The predicted octanol–water partition coefficient (Wildman–Crippen LogP) is 0.177. The van der Waals surface area contributed by atoms with Crippen LogP contribution in [-0.2, 0) is 24.6 Å². The zero-order chi connectivity index (χ0) is 20.1. The molecule has 0 radical (unpaired) electrons. The average Bonchev–Trinajstić information content (AvgIpc) is 2.61. The molecule has 1 unspecified atom stereocenters. The van der Waals surface area contributed by atoms with Crippen LogP contribution in [0.2, 0.25) is 0 Å². The second kappa shape index (κ2) is 10.7. The molecule has 2 fully saturated rings. The molecule has 12 heteroatoms. The van der Waals surface area contributed by atoms with Gasteiger partial charge in [-0.05, 0) is 33.1 Å². The van der Waals surface area contributed by atoms with E-state index in [4.69, 9.17) is 4.74 Å². The summed E-state index contributed by atoms with van der Waals surface area (Å²) in [6, 6.07) is 0. The van der Waals surface area contributed by atoms with Crippen molar-refractivity contribution >= 4 is 49.8 Å². The Bertz CT molecular complexity index is 734. The van der Waals surface area contributed by atoms with Crippen molar-refractivity contribution in [3.05, 3.63) is 0 Å². The number of ether oxygens (including phenoxy) is 1. The number of aliphatic imine (C=N–C) groups is 1. The normalized spacial score (nSPS) is 25.0. The molecule has 0 saturated carbocycles. The lowest BCUT2D eigenvalue weighted by Gasteiger charge is -2.39. The molecule has 2 N–H and O–H groups in total. The third-order valence-corrected chi connectivity index (χ3v) is 8.89. The van der Waals surface area contributed by atoms with Gasteiger partial charge in [-0.15, -0.1) is 24.0 Å². The van der Waals surface area contributed by atoms with Crippen molar-refractivity contribution in [3.8, 4) is 0 Å². The van der Waals surface area contributed by atoms with Crippen molar-refractivity contribution in [2.24, 2.45) is 4.99 Å². The molecule has 0 aromatic rings. The highest BCUT2D eigenvalue weighted by Crippen LogP contribution is 2.23. The van der Waals surface area contributed by atoms with Crippen molar-refractivity contribution in [1.29, 1.82) is 0 Å². The minimum atomic E-state index is -3.42. The Morgan fingerprint density at radius 3 is 2.61 bits per heavy atom. The van der Waals surface area contributed by atoms with Crippen molar-refractivity contribution in [2.45, 2.75) is 44.0 Å². The van der Waals surface area contributed by atoms with E-state index in [0.717, 1.165) is 19.3 Å². The number of nitrogens with zero attached hydrogens (tertiary/aromatic N) is 2. The van der Waals surface area contributed by atoms with Crippen LogP contribution in [0.5, 0.6) is 0 Å². The highest BCUT2D eigenvalue weighted by molar-refractivity contribution is 14.0. The van der Waals surface area contributed by atoms with Gasteiger partial charge in [-0.2, -0.15) is 0 Å². The maximum Gasteiger partial charge on any atom is 0.213 e. The molecule has 166 valence electrons. The molecule has 28 heavy (non-hydrogen) atoms. The molecular formula is C16H33IN4O5S2. The number of nitrogens with one attached hydrogen (secondary N) is 2. The van der Waals surface area contributed by atoms with Crippen molar-refractivity contribution in [2.75, 3.05) is 51.3 Å². The fourth-order valence-electron chi connectivity index (χ4n) is 3.21. The van der Waals surface area contributed by atoms with E-state index < -0.39 is 24.6 Å². The first-order chi connectivity index (χ1) is 12.6. The number of hydrogen-bond acceptors (Lipinski definition) is 6. The van der Waals surface area contributed by atoms with Gasteiger partial charge in [0.2, 0.25) is 10.0 Å². The van der Waals surface area contributed by atoms with Gasteiger partial charge in [0.15, 0.2) is 15.8 Å². The molecule has 0 amide bonds. The zero-order valence-electron chi connectivity index (χ0n) is 16.8. The van der Waals surface area contributed by atoms with Gasteiger partial charge in [-0.3, -0.25) is 4.99 Å². The molecule has 2 saturated heterocycles. The SMILES string of the molecule is CN=C(NCCS(=O)(=O)NCC1CCCCO1)N1CCS(=O)(=O)C(C)(C)C1.I. The third-order valence-electron chi connectivity index (χ3n) is 5.01. The largest absolute Gasteiger partial charge is 0.377 e. The van der Waals surface area contributed by atoms with E-state index in [1.165, 1.54) is 0 Å². The highest BCUT2D eigenvalue weighted by atomic mass is 127. The number of sulfonamides is 1. The van der Waals surface area contributed by atoms with Crippen molar-refractivity contribution in [3.63, 3.8) is 0 Å². The van der Waals surface area contributed by atoms with E-state index in [-0.39, 0.29) is 48.1 Å². The molecule has 0 aromatic carbocycles. The van der Waals surface area contributed by atoms with E-state index in [1.54, 1.807) is 20.9 Å². The second-order valence-electron chi connectivity index (χ2n) is 7.63. The monoisotopic (exact) mass is 552 g/mol. The van der Waals surface area contributed by atoms with E-state index >= 15 is 0 Å². The summed E-state index contributed by atoms with van der Waals surface area (Å²) in [6.07, 6.45) is 2.92. The van der Waals surface area contributed by atoms with E-state index in [1.807, 2.05) is 4.90 Å². The average molecular weight is 553 g/mol. The summed E-state index contributed by atoms with van der Waals surface area (Å²) in [7, 11) is -4.96. The van der Waals surface area contributed by atoms with Crippen LogP contribution in [0.1, 0.15) is 33.1 Å². The topological polar surface area (TPSA) is 117 Å². The Hall–Kier alpha value is -0.180. The lowest BCUT2D eigenvalue weighted by molar-refractivity contribution is 0.0200. The Kier molecular flexibility index (Phi) is 9.91. The molecule has 2 aliphatic rings. The first-order valence-corrected chi connectivity index (χ1v) is 12.6. The minimum absolute atomic E-state index is 0. The van der Waals surface area contributed by atoms with Gasteiger partial charge >= 0.3 is 0 Å². The summed E-state index contributed by atoms with van der Waals surface area (Å²) in [6.45, 7) is 5.24. The van der Waals surface area contributed by atoms with Gasteiger partial charge in [0.25, 0.3) is 0 Å². The number of hydrogen-bond donors (Lipinski definition) is 2. The first-order valence-electron chi connectivity index (χ1n) is 9.33. The van der Waals surface area contributed by atoms with Gasteiger partial charge in [-0.25, -0.2) is 21.6 Å². The van der Waals surface area contributed by atoms with Crippen LogP contribution < -0.4 is 10.0 Å². The van der Waals surface area contributed by atoms with E-state index in [2.05, 4.69) is 15.0 Å². The second-order valence-corrected chi connectivity index (χ2v) is 12.3. The van der Waals surface area contributed by atoms with Crippen LogP contribution in [0, 0.1) is 0 Å². The fourth-order valence-corrected chi connectivity index (χ4v) is 5.54. The molecule has 0 aliphatic carbocycles. The van der Waals surface area contributed by atoms with Crippen LogP contribution in [-0.4, -0.2) is 89.9 Å². The van der Waals surface area contributed by atoms with Crippen LogP contribution in [0.4, 0.5) is 0 Å². The Balaban J connectivity index is 0.00000392. The zero-order valence-corrected chi connectivity index (χ0v) is 20.8. The number of sulfone groups is 1. The fraction of sp³-hybridized carbons (Fsp3) is 0.938. The number of rotatable bonds is 6. The molecular weight excluding hydrogens is 519 g/mol. The minimum Gasteiger partial charge on any atom is -0.377 e. The summed E-state index contributed by atoms with van der Waals surface area (Å²) >= 11 is 0. The Morgan fingerprint density at radius 2 is 2.04 bits per heavy atom. The molecule has 0 aromatic heterocycles. The Labute approximate surface area is 186 Å². The van der Waals surface area contributed by atoms with Crippen LogP contribution >= 0.6 is 24.0 Å². The van der Waals surface area contributed by atoms with Crippen LogP contribution in [0.15, 0.2) is 4.99 Å². The number of guanidine groups is 1. The molecule has 2 heterocycles. The quantitative estimate of drug-likeness (QED) is 0.274. The van der Waals surface area contributed by atoms with Gasteiger partial charge in [-0.1, -0.05) is 0 Å². The van der Waals surface area contributed by atoms with Gasteiger partial charge < -0.3 is 15.0 Å². The first kappa shape index (κ1) is 25.9. The van der Waals surface area contributed by atoms with E-state index in [0.29, 0.717) is 32.2 Å². The predicted molar refractivity (Wildman–Crippen MR) is 122 cm³/mol. The Morgan fingerprint density at radius 1 is 1.32 bits per heavy atom. The summed E-state index contributed by atoms with van der Waals surface area (Å²) in [5.41, 5.74) is 0. The van der Waals surface area contributed by atoms with E-state index in [9.17, 15) is 16.8 Å². The molecule has 2 rings (SSSR count). The maximum atomic E-state index is 12.2. The number of halogens is 1. The standard InChI is InChI=1S/C16H32N4O5S2.HI/c1-16(2)13-20(8-11-26(16,21)22)15(17-3)18-7-10-27(23,24)19-12-14-6-4-5-9-25-14;/h14,19H,4-13H2,1-3H3,(H,17,18);1H. The van der Waals surface area contributed by atoms with Crippen LogP contribution in [0.25, 0.3) is 0 Å². The molecule has 0 spiro atoms. The smallest absolute Gasteiger partial charge is 0.213 e. The molecule has 9 nitrogen and oxygen atoms in total. The summed E-state index contributed by atoms with van der Waals surface area (Å²) in [5.74, 6) is 0.486. The third kappa shape index (κ3) is 7.26. The van der Waals surface area contributed by atoms with Crippen molar-refractivity contribution in [1.82, 2.24) is 14.9 Å². The van der Waals surface area contributed by atoms with Crippen LogP contribution in [0.3, 0.4) is 0 Å². The van der Waals surface area contributed by atoms with Crippen molar-refractivity contribution < 1.29 is 21.6 Å². The van der Waals surface area contributed by atoms with Gasteiger partial charge in [0, 0.05) is 39.8 Å².